The van der Waals surface area contributed by atoms with Gasteiger partial charge in [0.2, 0.25) is 0 Å². The smallest absolute Gasteiger partial charge is 0.328 e. The third-order valence-electron chi connectivity index (χ3n) is 5.24. The Labute approximate surface area is 141 Å². The van der Waals surface area contributed by atoms with Crippen LogP contribution in [0.25, 0.3) is 0 Å². The number of aryl methyl sites for hydroxylation is 2. The second kappa shape index (κ2) is 6.54. The van der Waals surface area contributed by atoms with Gasteiger partial charge < -0.3 is 9.64 Å². The van der Waals surface area contributed by atoms with Gasteiger partial charge in [0.25, 0.3) is 0 Å². The van der Waals surface area contributed by atoms with Gasteiger partial charge in [-0.25, -0.2) is 4.79 Å². The lowest BCUT2D eigenvalue weighted by atomic mass is 9.78. The maximum atomic E-state index is 12.5. The maximum Gasteiger partial charge on any atom is 0.328 e. The molecule has 0 radical (unpaired) electrons. The highest BCUT2D eigenvalue weighted by Gasteiger charge is 2.42. The topological polar surface area (TPSA) is 29.5 Å². The summed E-state index contributed by atoms with van der Waals surface area (Å²) in [7, 11) is 1.49. The van der Waals surface area contributed by atoms with E-state index in [9.17, 15) is 4.79 Å². The summed E-state index contributed by atoms with van der Waals surface area (Å²) in [5.41, 5.74) is 5.10. The molecule has 3 heteroatoms. The SMILES string of the molecule is CCC[C@H](C(=O)OC)N1c2cc(C)c(C)cc2[C@H](C)CC1(C)C. The molecule has 1 aliphatic heterocycles. The number of carbonyl (C=O) groups is 1. The molecule has 2 rings (SSSR count). The van der Waals surface area contributed by atoms with Gasteiger partial charge in [0.15, 0.2) is 0 Å². The predicted molar refractivity (Wildman–Crippen MR) is 96.2 cm³/mol. The Hall–Kier alpha value is -1.51. The van der Waals surface area contributed by atoms with Crippen molar-refractivity contribution in [3.05, 3.63) is 28.8 Å². The van der Waals surface area contributed by atoms with E-state index in [1.54, 1.807) is 0 Å². The molecule has 3 nitrogen and oxygen atoms in total. The van der Waals surface area contributed by atoms with Gasteiger partial charge in [-0.2, -0.15) is 0 Å². The van der Waals surface area contributed by atoms with Crippen molar-refractivity contribution in [1.82, 2.24) is 0 Å². The molecule has 0 aromatic heterocycles. The lowest BCUT2D eigenvalue weighted by Gasteiger charge is -2.50. The summed E-state index contributed by atoms with van der Waals surface area (Å²) in [5.74, 6) is 0.370. The number of anilines is 1. The number of rotatable bonds is 4. The molecule has 0 amide bonds. The molecule has 0 spiro atoms. The Morgan fingerprint density at radius 2 is 1.96 bits per heavy atom. The minimum Gasteiger partial charge on any atom is -0.467 e. The zero-order chi connectivity index (χ0) is 17.4. The number of carbonyl (C=O) groups excluding carboxylic acids is 1. The van der Waals surface area contributed by atoms with Gasteiger partial charge in [0.1, 0.15) is 6.04 Å². The molecule has 1 aromatic rings. The molecule has 23 heavy (non-hydrogen) atoms. The van der Waals surface area contributed by atoms with Crippen LogP contribution in [0, 0.1) is 13.8 Å². The molecule has 0 saturated carbocycles. The summed E-state index contributed by atoms with van der Waals surface area (Å²) in [6.07, 6.45) is 2.82. The molecule has 1 heterocycles. The molecular formula is C20H31NO2. The Morgan fingerprint density at radius 1 is 1.35 bits per heavy atom. The van der Waals surface area contributed by atoms with Crippen molar-refractivity contribution >= 4 is 11.7 Å². The first-order valence-corrected chi connectivity index (χ1v) is 8.71. The van der Waals surface area contributed by atoms with Crippen LogP contribution in [0.4, 0.5) is 5.69 Å². The standard InChI is InChI=1S/C20H31NO2/c1-8-9-17(19(22)23-7)21-18-11-14(3)13(2)10-16(18)15(4)12-20(21,5)6/h10-11,15,17H,8-9,12H2,1-7H3/t15-,17-/m1/s1. The first-order chi connectivity index (χ1) is 10.7. The molecule has 128 valence electrons. The quantitative estimate of drug-likeness (QED) is 0.751. The van der Waals surface area contributed by atoms with Crippen LogP contribution in [0.3, 0.4) is 0 Å². The van der Waals surface area contributed by atoms with Crippen molar-refractivity contribution in [2.24, 2.45) is 0 Å². The first kappa shape index (κ1) is 17.8. The second-order valence-electron chi connectivity index (χ2n) is 7.61. The van der Waals surface area contributed by atoms with Crippen LogP contribution >= 0.6 is 0 Å². The largest absolute Gasteiger partial charge is 0.467 e. The summed E-state index contributed by atoms with van der Waals surface area (Å²) >= 11 is 0. The number of benzene rings is 1. The minimum absolute atomic E-state index is 0.0673. The van der Waals surface area contributed by atoms with E-state index in [1.807, 2.05) is 0 Å². The number of esters is 1. The molecule has 0 bridgehead atoms. The highest BCUT2D eigenvalue weighted by atomic mass is 16.5. The van der Waals surface area contributed by atoms with E-state index in [4.69, 9.17) is 4.74 Å². The monoisotopic (exact) mass is 317 g/mol. The van der Waals surface area contributed by atoms with Crippen LogP contribution in [0.1, 0.15) is 69.6 Å². The van der Waals surface area contributed by atoms with Crippen molar-refractivity contribution in [3.63, 3.8) is 0 Å². The summed E-state index contributed by atoms with van der Waals surface area (Å²) < 4.78 is 5.13. The number of methoxy groups -OCH3 is 1. The summed E-state index contributed by atoms with van der Waals surface area (Å²) in [6, 6.07) is 4.35. The van der Waals surface area contributed by atoms with Crippen molar-refractivity contribution in [2.75, 3.05) is 12.0 Å². The van der Waals surface area contributed by atoms with E-state index in [0.717, 1.165) is 19.3 Å². The fraction of sp³-hybridized carbons (Fsp3) is 0.650. The van der Waals surface area contributed by atoms with Crippen LogP contribution in [-0.2, 0) is 9.53 Å². The van der Waals surface area contributed by atoms with Crippen molar-refractivity contribution in [1.29, 1.82) is 0 Å². The van der Waals surface area contributed by atoms with Crippen molar-refractivity contribution in [3.8, 4) is 0 Å². The number of hydrogen-bond acceptors (Lipinski definition) is 3. The van der Waals surface area contributed by atoms with Gasteiger partial charge in [-0.3, -0.25) is 0 Å². The number of ether oxygens (including phenoxy) is 1. The Kier molecular flexibility index (Phi) is 5.07. The number of nitrogens with zero attached hydrogens (tertiary/aromatic N) is 1. The zero-order valence-electron chi connectivity index (χ0n) is 15.7. The van der Waals surface area contributed by atoms with E-state index in [1.165, 1.54) is 29.5 Å². The summed E-state index contributed by atoms with van der Waals surface area (Å²) in [4.78, 5) is 14.8. The maximum absolute atomic E-state index is 12.5. The van der Waals surface area contributed by atoms with Crippen molar-refractivity contribution in [2.45, 2.75) is 78.3 Å². The Balaban J connectivity index is 2.62. The molecular weight excluding hydrogens is 286 g/mol. The molecule has 1 aliphatic rings. The first-order valence-electron chi connectivity index (χ1n) is 8.71. The molecule has 0 N–H and O–H groups in total. The molecule has 0 fully saturated rings. The summed E-state index contributed by atoms with van der Waals surface area (Å²) in [6.45, 7) is 13.2. The molecule has 0 saturated heterocycles. The average molecular weight is 317 g/mol. The van der Waals surface area contributed by atoms with Gasteiger partial charge in [0.05, 0.1) is 7.11 Å². The van der Waals surface area contributed by atoms with Crippen LogP contribution < -0.4 is 4.90 Å². The zero-order valence-corrected chi connectivity index (χ0v) is 15.7. The molecule has 2 atom stereocenters. The van der Waals surface area contributed by atoms with E-state index in [2.05, 4.69) is 58.6 Å². The van der Waals surface area contributed by atoms with E-state index in [-0.39, 0.29) is 17.6 Å². The molecule has 0 unspecified atom stereocenters. The van der Waals surface area contributed by atoms with Crippen LogP contribution in [0.2, 0.25) is 0 Å². The van der Waals surface area contributed by atoms with Gasteiger partial charge in [-0.15, -0.1) is 0 Å². The van der Waals surface area contributed by atoms with Crippen LogP contribution in [-0.4, -0.2) is 24.7 Å². The Bertz CT molecular complexity index is 592. The van der Waals surface area contributed by atoms with Gasteiger partial charge in [-0.1, -0.05) is 26.3 Å². The second-order valence-corrected chi connectivity index (χ2v) is 7.61. The summed E-state index contributed by atoms with van der Waals surface area (Å²) in [5, 5.41) is 0. The molecule has 1 aromatic carbocycles. The van der Waals surface area contributed by atoms with Gasteiger partial charge >= 0.3 is 5.97 Å². The van der Waals surface area contributed by atoms with Crippen LogP contribution in [0.15, 0.2) is 12.1 Å². The van der Waals surface area contributed by atoms with Gasteiger partial charge in [-0.05, 0) is 69.2 Å². The average Bonchev–Trinajstić information content (AvgIpc) is 2.47. The van der Waals surface area contributed by atoms with Gasteiger partial charge in [0, 0.05) is 11.2 Å². The van der Waals surface area contributed by atoms with E-state index in [0.29, 0.717) is 5.92 Å². The highest BCUT2D eigenvalue weighted by Crippen LogP contribution is 2.46. The number of hydrogen-bond donors (Lipinski definition) is 0. The lowest BCUT2D eigenvalue weighted by Crippen LogP contribution is -2.56. The third kappa shape index (κ3) is 3.24. The number of fused-ring (bicyclic) bond motifs is 1. The fourth-order valence-electron chi connectivity index (χ4n) is 4.06. The van der Waals surface area contributed by atoms with Crippen LogP contribution in [0.5, 0.6) is 0 Å². The third-order valence-corrected chi connectivity index (χ3v) is 5.24. The predicted octanol–water partition coefficient (Wildman–Crippen LogP) is 4.74. The molecule has 0 aliphatic carbocycles. The normalized spacial score (nSPS) is 20.8. The Morgan fingerprint density at radius 3 is 2.52 bits per heavy atom. The lowest BCUT2D eigenvalue weighted by molar-refractivity contribution is -0.142. The minimum atomic E-state index is -0.214. The highest BCUT2D eigenvalue weighted by molar-refractivity contribution is 5.82. The van der Waals surface area contributed by atoms with E-state index >= 15 is 0 Å². The fourth-order valence-corrected chi connectivity index (χ4v) is 4.06. The van der Waals surface area contributed by atoms with E-state index < -0.39 is 0 Å². The van der Waals surface area contributed by atoms with Crippen molar-refractivity contribution < 1.29 is 9.53 Å².